The minimum absolute atomic E-state index is 0.0238. The Morgan fingerprint density at radius 1 is 1.47 bits per heavy atom. The molecule has 0 amide bonds. The molecular formula is C11H12FNO2. The highest BCUT2D eigenvalue weighted by Crippen LogP contribution is 2.19. The first-order valence-electron chi connectivity index (χ1n) is 4.86. The van der Waals surface area contributed by atoms with Crippen molar-refractivity contribution < 1.29 is 14.3 Å². The number of halogens is 1. The van der Waals surface area contributed by atoms with Crippen molar-refractivity contribution in [2.45, 2.75) is 13.0 Å². The molecule has 0 aliphatic carbocycles. The molecule has 0 atom stereocenters. The fourth-order valence-electron chi connectivity index (χ4n) is 1.91. The maximum Gasteiger partial charge on any atom is 0.317 e. The molecule has 1 N–H and O–H groups in total. The highest BCUT2D eigenvalue weighted by Gasteiger charge is 2.18. The average Bonchev–Trinajstić information content (AvgIpc) is 2.16. The summed E-state index contributed by atoms with van der Waals surface area (Å²) in [5.41, 5.74) is 2.03. The number of rotatable bonds is 2. The van der Waals surface area contributed by atoms with Gasteiger partial charge in [0.15, 0.2) is 0 Å². The molecule has 15 heavy (non-hydrogen) atoms. The maximum absolute atomic E-state index is 12.9. The lowest BCUT2D eigenvalue weighted by molar-refractivity contribution is -0.138. The van der Waals surface area contributed by atoms with Crippen LogP contribution in [0.2, 0.25) is 0 Å². The Morgan fingerprint density at radius 3 is 3.00 bits per heavy atom. The molecule has 0 bridgehead atoms. The van der Waals surface area contributed by atoms with Crippen molar-refractivity contribution in [2.75, 3.05) is 13.1 Å². The fourth-order valence-corrected chi connectivity index (χ4v) is 1.91. The van der Waals surface area contributed by atoms with E-state index in [2.05, 4.69) is 0 Å². The predicted octanol–water partition coefficient (Wildman–Crippen LogP) is 1.27. The zero-order valence-electron chi connectivity index (χ0n) is 8.24. The predicted molar refractivity (Wildman–Crippen MR) is 53.0 cm³/mol. The van der Waals surface area contributed by atoms with Crippen LogP contribution in [0, 0.1) is 5.82 Å². The molecule has 0 aromatic heterocycles. The second-order valence-electron chi connectivity index (χ2n) is 3.77. The number of hydrogen-bond acceptors (Lipinski definition) is 2. The molecule has 80 valence electrons. The summed E-state index contributed by atoms with van der Waals surface area (Å²) in [6.45, 7) is 1.28. The van der Waals surface area contributed by atoms with Gasteiger partial charge in [0.2, 0.25) is 0 Å². The second kappa shape index (κ2) is 3.98. The van der Waals surface area contributed by atoms with Gasteiger partial charge in [-0.3, -0.25) is 9.69 Å². The number of nitrogens with zero attached hydrogens (tertiary/aromatic N) is 1. The third-order valence-electron chi connectivity index (χ3n) is 2.62. The van der Waals surface area contributed by atoms with E-state index in [1.54, 1.807) is 6.07 Å². The molecule has 1 aliphatic rings. The van der Waals surface area contributed by atoms with Gasteiger partial charge in [-0.05, 0) is 29.7 Å². The highest BCUT2D eigenvalue weighted by molar-refractivity contribution is 5.69. The van der Waals surface area contributed by atoms with Crippen LogP contribution >= 0.6 is 0 Å². The monoisotopic (exact) mass is 209 g/mol. The first-order chi connectivity index (χ1) is 7.15. The van der Waals surface area contributed by atoms with Crippen LogP contribution in [0.5, 0.6) is 0 Å². The average molecular weight is 209 g/mol. The topological polar surface area (TPSA) is 40.5 Å². The number of carbonyl (C=O) groups is 1. The summed E-state index contributed by atoms with van der Waals surface area (Å²) in [4.78, 5) is 12.3. The van der Waals surface area contributed by atoms with E-state index in [4.69, 9.17) is 5.11 Å². The van der Waals surface area contributed by atoms with E-state index in [0.717, 1.165) is 24.1 Å². The molecule has 4 heteroatoms. The Bertz CT molecular complexity index is 392. The summed E-state index contributed by atoms with van der Waals surface area (Å²) in [7, 11) is 0. The van der Waals surface area contributed by atoms with Gasteiger partial charge in [0.25, 0.3) is 0 Å². The van der Waals surface area contributed by atoms with Gasteiger partial charge in [-0.1, -0.05) is 6.07 Å². The van der Waals surface area contributed by atoms with E-state index in [1.807, 2.05) is 4.90 Å². The molecule has 0 radical (unpaired) electrons. The lowest BCUT2D eigenvalue weighted by Gasteiger charge is -2.27. The Hall–Kier alpha value is -1.42. The van der Waals surface area contributed by atoms with Gasteiger partial charge in [-0.25, -0.2) is 4.39 Å². The first kappa shape index (κ1) is 10.1. The summed E-state index contributed by atoms with van der Waals surface area (Å²) >= 11 is 0. The number of carboxylic acid groups (broad SMARTS) is 1. The molecule has 0 spiro atoms. The van der Waals surface area contributed by atoms with E-state index in [-0.39, 0.29) is 12.4 Å². The van der Waals surface area contributed by atoms with Gasteiger partial charge < -0.3 is 5.11 Å². The number of carboxylic acids is 1. The largest absolute Gasteiger partial charge is 0.480 e. The number of fused-ring (bicyclic) bond motifs is 1. The molecule has 3 nitrogen and oxygen atoms in total. The molecule has 0 saturated heterocycles. The molecule has 1 aromatic rings. The van der Waals surface area contributed by atoms with Crippen LogP contribution in [-0.2, 0) is 17.8 Å². The van der Waals surface area contributed by atoms with Crippen LogP contribution in [0.3, 0.4) is 0 Å². The second-order valence-corrected chi connectivity index (χ2v) is 3.77. The van der Waals surface area contributed by atoms with Crippen LogP contribution in [0.1, 0.15) is 11.1 Å². The van der Waals surface area contributed by atoms with Crippen LogP contribution in [-0.4, -0.2) is 29.1 Å². The Morgan fingerprint density at radius 2 is 2.27 bits per heavy atom. The minimum Gasteiger partial charge on any atom is -0.480 e. The lowest BCUT2D eigenvalue weighted by Crippen LogP contribution is -2.34. The van der Waals surface area contributed by atoms with E-state index < -0.39 is 5.97 Å². The van der Waals surface area contributed by atoms with E-state index >= 15 is 0 Å². The number of hydrogen-bond donors (Lipinski definition) is 1. The molecule has 0 saturated carbocycles. The van der Waals surface area contributed by atoms with Crippen molar-refractivity contribution in [2.24, 2.45) is 0 Å². The minimum atomic E-state index is -0.838. The molecule has 0 unspecified atom stereocenters. The Labute approximate surface area is 87.1 Å². The van der Waals surface area contributed by atoms with E-state index in [9.17, 15) is 9.18 Å². The molecule has 0 fully saturated rings. The molecule has 1 aromatic carbocycles. The third kappa shape index (κ3) is 2.33. The van der Waals surface area contributed by atoms with Gasteiger partial charge in [-0.15, -0.1) is 0 Å². The van der Waals surface area contributed by atoms with Crippen LogP contribution in [0.25, 0.3) is 0 Å². The standard InChI is InChI=1S/C11H12FNO2/c12-10-2-1-8-3-4-13(7-11(14)15)6-9(8)5-10/h1-2,5H,3-4,6-7H2,(H,14,15). The van der Waals surface area contributed by atoms with Gasteiger partial charge >= 0.3 is 5.97 Å². The summed E-state index contributed by atoms with van der Waals surface area (Å²) in [5, 5.41) is 8.65. The lowest BCUT2D eigenvalue weighted by atomic mass is 10.00. The Kier molecular flexibility index (Phi) is 2.68. The van der Waals surface area contributed by atoms with Crippen molar-refractivity contribution in [3.8, 4) is 0 Å². The summed E-state index contributed by atoms with van der Waals surface area (Å²) in [5.74, 6) is -1.10. The zero-order valence-corrected chi connectivity index (χ0v) is 8.24. The van der Waals surface area contributed by atoms with Gasteiger partial charge in [-0.2, -0.15) is 0 Å². The molecule has 1 aliphatic heterocycles. The van der Waals surface area contributed by atoms with Crippen LogP contribution in [0.4, 0.5) is 4.39 Å². The van der Waals surface area contributed by atoms with Crippen molar-refractivity contribution in [1.82, 2.24) is 4.90 Å². The van der Waals surface area contributed by atoms with Gasteiger partial charge in [0.05, 0.1) is 6.54 Å². The SMILES string of the molecule is O=C(O)CN1CCc2ccc(F)cc2C1. The molecular weight excluding hydrogens is 197 g/mol. The normalized spacial score (nSPS) is 16.1. The number of aliphatic carboxylic acids is 1. The summed E-state index contributed by atoms with van der Waals surface area (Å²) in [6, 6.07) is 4.72. The summed E-state index contributed by atoms with van der Waals surface area (Å²) in [6.07, 6.45) is 0.795. The summed E-state index contributed by atoms with van der Waals surface area (Å²) < 4.78 is 12.9. The molecule has 2 rings (SSSR count). The van der Waals surface area contributed by atoms with E-state index in [0.29, 0.717) is 6.54 Å². The zero-order chi connectivity index (χ0) is 10.8. The smallest absolute Gasteiger partial charge is 0.317 e. The Balaban J connectivity index is 2.14. The van der Waals surface area contributed by atoms with Crippen LogP contribution in [0.15, 0.2) is 18.2 Å². The van der Waals surface area contributed by atoms with Crippen molar-refractivity contribution in [3.05, 3.63) is 35.1 Å². The fraction of sp³-hybridized carbons (Fsp3) is 0.364. The highest BCUT2D eigenvalue weighted by atomic mass is 19.1. The quantitative estimate of drug-likeness (QED) is 0.797. The van der Waals surface area contributed by atoms with E-state index in [1.165, 1.54) is 12.1 Å². The molecule has 1 heterocycles. The van der Waals surface area contributed by atoms with Gasteiger partial charge in [0.1, 0.15) is 5.82 Å². The number of benzene rings is 1. The maximum atomic E-state index is 12.9. The third-order valence-corrected chi connectivity index (χ3v) is 2.62. The van der Waals surface area contributed by atoms with Crippen LogP contribution < -0.4 is 0 Å². The van der Waals surface area contributed by atoms with Crippen molar-refractivity contribution in [3.63, 3.8) is 0 Å². The van der Waals surface area contributed by atoms with Gasteiger partial charge in [0, 0.05) is 13.1 Å². The first-order valence-corrected chi connectivity index (χ1v) is 4.86. The van der Waals surface area contributed by atoms with Crippen molar-refractivity contribution >= 4 is 5.97 Å². The van der Waals surface area contributed by atoms with Crippen molar-refractivity contribution in [1.29, 1.82) is 0 Å².